The van der Waals surface area contributed by atoms with Gasteiger partial charge in [-0.15, -0.1) is 0 Å². The molecule has 0 unspecified atom stereocenters. The molecule has 110 valence electrons. The summed E-state index contributed by atoms with van der Waals surface area (Å²) in [5, 5.41) is 9.13. The molecule has 0 bridgehead atoms. The van der Waals surface area contributed by atoms with Crippen LogP contribution in [0.4, 0.5) is 0 Å². The van der Waals surface area contributed by atoms with E-state index in [1.807, 2.05) is 34.9 Å². The molecule has 0 aromatic carbocycles. The van der Waals surface area contributed by atoms with E-state index in [1.165, 1.54) is 0 Å². The molecular formula is C14H26N2O3. The molecule has 1 fully saturated rings. The van der Waals surface area contributed by atoms with Gasteiger partial charge in [0, 0.05) is 13.1 Å². The second-order valence-electron chi connectivity index (χ2n) is 6.19. The molecule has 19 heavy (non-hydrogen) atoms. The molecule has 1 aliphatic carbocycles. The van der Waals surface area contributed by atoms with E-state index < -0.39 is 17.3 Å². The first kappa shape index (κ1) is 16.0. The van der Waals surface area contributed by atoms with Crippen molar-refractivity contribution >= 4 is 11.9 Å². The largest absolute Gasteiger partial charge is 0.481 e. The van der Waals surface area contributed by atoms with Crippen molar-refractivity contribution < 1.29 is 14.7 Å². The third-order valence-electron chi connectivity index (χ3n) is 4.09. The number of amides is 1. The van der Waals surface area contributed by atoms with Gasteiger partial charge in [-0.2, -0.15) is 0 Å². The first-order valence-electron chi connectivity index (χ1n) is 6.89. The van der Waals surface area contributed by atoms with Gasteiger partial charge >= 0.3 is 5.97 Å². The van der Waals surface area contributed by atoms with Gasteiger partial charge in [-0.3, -0.25) is 9.59 Å². The monoisotopic (exact) mass is 270 g/mol. The standard InChI is InChI=1S/C14H26N2O3/c1-6-16(9-7-8-15(4)5)12(17)10-11(13(18)19)14(10,2)3/h10-11H,6-9H2,1-5H3,(H,18,19)/t10-,11+/m0/s1. The summed E-state index contributed by atoms with van der Waals surface area (Å²) in [5.41, 5.74) is -0.405. The molecule has 0 aliphatic heterocycles. The lowest BCUT2D eigenvalue weighted by Gasteiger charge is -2.22. The van der Waals surface area contributed by atoms with E-state index in [0.29, 0.717) is 13.1 Å². The van der Waals surface area contributed by atoms with Gasteiger partial charge in [-0.1, -0.05) is 13.8 Å². The third-order valence-corrected chi connectivity index (χ3v) is 4.09. The van der Waals surface area contributed by atoms with E-state index in [2.05, 4.69) is 4.90 Å². The highest BCUT2D eigenvalue weighted by Gasteiger charge is 2.66. The molecule has 1 rings (SSSR count). The Bertz CT molecular complexity index is 353. The number of hydrogen-bond donors (Lipinski definition) is 1. The number of hydrogen-bond acceptors (Lipinski definition) is 3. The summed E-state index contributed by atoms with van der Waals surface area (Å²) in [7, 11) is 4.01. The number of carbonyl (C=O) groups excluding carboxylic acids is 1. The highest BCUT2D eigenvalue weighted by Crippen LogP contribution is 2.59. The Morgan fingerprint density at radius 1 is 1.16 bits per heavy atom. The highest BCUT2D eigenvalue weighted by molar-refractivity contribution is 5.91. The van der Waals surface area contributed by atoms with Gasteiger partial charge in [-0.05, 0) is 39.4 Å². The Kier molecular flexibility index (Phi) is 4.96. The number of nitrogens with zero attached hydrogens (tertiary/aromatic N) is 2. The van der Waals surface area contributed by atoms with Crippen LogP contribution in [-0.2, 0) is 9.59 Å². The third kappa shape index (κ3) is 3.47. The van der Waals surface area contributed by atoms with Gasteiger partial charge in [-0.25, -0.2) is 0 Å². The summed E-state index contributed by atoms with van der Waals surface area (Å²) in [5.74, 6) is -1.74. The maximum absolute atomic E-state index is 12.4. The number of carboxylic acids is 1. The molecule has 1 N–H and O–H groups in total. The summed E-state index contributed by atoms with van der Waals surface area (Å²) in [6.07, 6.45) is 0.914. The predicted octanol–water partition coefficient (Wildman–Crippen LogP) is 1.14. The number of carbonyl (C=O) groups is 2. The van der Waals surface area contributed by atoms with Crippen molar-refractivity contribution in [2.45, 2.75) is 27.2 Å². The van der Waals surface area contributed by atoms with Crippen molar-refractivity contribution in [3.05, 3.63) is 0 Å². The average molecular weight is 270 g/mol. The van der Waals surface area contributed by atoms with Crippen LogP contribution < -0.4 is 0 Å². The van der Waals surface area contributed by atoms with E-state index in [9.17, 15) is 9.59 Å². The van der Waals surface area contributed by atoms with Crippen molar-refractivity contribution in [1.29, 1.82) is 0 Å². The summed E-state index contributed by atoms with van der Waals surface area (Å²) in [4.78, 5) is 27.4. The molecule has 2 atom stereocenters. The van der Waals surface area contributed by atoms with Crippen molar-refractivity contribution in [2.24, 2.45) is 17.3 Å². The predicted molar refractivity (Wildman–Crippen MR) is 73.8 cm³/mol. The fourth-order valence-electron chi connectivity index (χ4n) is 2.76. The zero-order valence-electron chi connectivity index (χ0n) is 12.6. The Morgan fingerprint density at radius 3 is 2.11 bits per heavy atom. The van der Waals surface area contributed by atoms with Crippen LogP contribution in [0.5, 0.6) is 0 Å². The second-order valence-corrected chi connectivity index (χ2v) is 6.19. The van der Waals surface area contributed by atoms with E-state index in [0.717, 1.165) is 13.0 Å². The minimum atomic E-state index is -0.854. The minimum absolute atomic E-state index is 0.00124. The zero-order valence-corrected chi connectivity index (χ0v) is 12.6. The van der Waals surface area contributed by atoms with Crippen LogP contribution in [0.3, 0.4) is 0 Å². The molecule has 0 aromatic rings. The van der Waals surface area contributed by atoms with Crippen molar-refractivity contribution in [1.82, 2.24) is 9.80 Å². The molecule has 0 aromatic heterocycles. The van der Waals surface area contributed by atoms with Crippen LogP contribution in [0.1, 0.15) is 27.2 Å². The smallest absolute Gasteiger partial charge is 0.307 e. The fraction of sp³-hybridized carbons (Fsp3) is 0.857. The molecule has 5 heteroatoms. The zero-order chi connectivity index (χ0) is 14.8. The van der Waals surface area contributed by atoms with Crippen molar-refractivity contribution in [3.8, 4) is 0 Å². The summed E-state index contributed by atoms with van der Waals surface area (Å²) in [6, 6.07) is 0. The molecular weight excluding hydrogens is 244 g/mol. The van der Waals surface area contributed by atoms with Gasteiger partial charge in [0.25, 0.3) is 0 Å². The number of carboxylic acid groups (broad SMARTS) is 1. The molecule has 0 saturated heterocycles. The van der Waals surface area contributed by atoms with Gasteiger partial charge in [0.2, 0.25) is 5.91 Å². The van der Waals surface area contributed by atoms with Crippen LogP contribution in [-0.4, -0.2) is 60.5 Å². The Morgan fingerprint density at radius 2 is 1.74 bits per heavy atom. The van der Waals surface area contributed by atoms with Gasteiger partial charge in [0.15, 0.2) is 0 Å². The van der Waals surface area contributed by atoms with E-state index >= 15 is 0 Å². The molecule has 1 amide bonds. The fourth-order valence-corrected chi connectivity index (χ4v) is 2.76. The Labute approximate surface area is 115 Å². The maximum Gasteiger partial charge on any atom is 0.307 e. The topological polar surface area (TPSA) is 60.9 Å². The number of aliphatic carboxylic acids is 1. The maximum atomic E-state index is 12.4. The first-order chi connectivity index (χ1) is 8.73. The lowest BCUT2D eigenvalue weighted by atomic mass is 10.1. The molecule has 1 saturated carbocycles. The van der Waals surface area contributed by atoms with E-state index in [4.69, 9.17) is 5.11 Å². The second kappa shape index (κ2) is 5.90. The molecule has 0 heterocycles. The molecule has 0 radical (unpaired) electrons. The minimum Gasteiger partial charge on any atom is -0.481 e. The molecule has 5 nitrogen and oxygen atoms in total. The summed E-state index contributed by atoms with van der Waals surface area (Å²) in [6.45, 7) is 7.94. The SMILES string of the molecule is CCN(CCCN(C)C)C(=O)[C@@H]1[C@H](C(=O)O)C1(C)C. The highest BCUT2D eigenvalue weighted by atomic mass is 16.4. The lowest BCUT2D eigenvalue weighted by Crippen LogP contribution is -2.35. The Hall–Kier alpha value is -1.10. The van der Waals surface area contributed by atoms with Crippen LogP contribution in [0.2, 0.25) is 0 Å². The molecule has 0 spiro atoms. The van der Waals surface area contributed by atoms with Crippen LogP contribution in [0.15, 0.2) is 0 Å². The van der Waals surface area contributed by atoms with Crippen molar-refractivity contribution in [2.75, 3.05) is 33.7 Å². The quantitative estimate of drug-likeness (QED) is 0.753. The first-order valence-corrected chi connectivity index (χ1v) is 6.89. The van der Waals surface area contributed by atoms with Crippen molar-refractivity contribution in [3.63, 3.8) is 0 Å². The van der Waals surface area contributed by atoms with Crippen LogP contribution in [0.25, 0.3) is 0 Å². The van der Waals surface area contributed by atoms with Crippen LogP contribution >= 0.6 is 0 Å². The lowest BCUT2D eigenvalue weighted by molar-refractivity contribution is -0.142. The van der Waals surface area contributed by atoms with Gasteiger partial charge in [0.05, 0.1) is 11.8 Å². The van der Waals surface area contributed by atoms with E-state index in [1.54, 1.807) is 4.90 Å². The summed E-state index contributed by atoms with van der Waals surface area (Å²) >= 11 is 0. The Balaban J connectivity index is 2.58. The van der Waals surface area contributed by atoms with Gasteiger partial charge in [0.1, 0.15) is 0 Å². The average Bonchev–Trinajstić information content (AvgIpc) is 2.86. The number of rotatable bonds is 7. The normalized spacial score (nSPS) is 24.3. The summed E-state index contributed by atoms with van der Waals surface area (Å²) < 4.78 is 0. The van der Waals surface area contributed by atoms with Gasteiger partial charge < -0.3 is 14.9 Å². The molecule has 1 aliphatic rings. The van der Waals surface area contributed by atoms with Crippen LogP contribution in [0, 0.1) is 17.3 Å². The van der Waals surface area contributed by atoms with E-state index in [-0.39, 0.29) is 11.8 Å².